The molecule has 1 atom stereocenters. The van der Waals surface area contributed by atoms with Crippen molar-refractivity contribution >= 4 is 11.3 Å². The van der Waals surface area contributed by atoms with Crippen LogP contribution in [-0.2, 0) is 6.61 Å². The van der Waals surface area contributed by atoms with Gasteiger partial charge in [0.25, 0.3) is 0 Å². The van der Waals surface area contributed by atoms with Crippen LogP contribution in [0.25, 0.3) is 0 Å². The van der Waals surface area contributed by atoms with E-state index in [0.29, 0.717) is 6.61 Å². The summed E-state index contributed by atoms with van der Waals surface area (Å²) in [5.41, 5.74) is 1.17. The molecule has 0 aliphatic carbocycles. The van der Waals surface area contributed by atoms with Gasteiger partial charge in [-0.25, -0.2) is 4.98 Å². The highest BCUT2D eigenvalue weighted by Gasteiger charge is 2.10. The molecule has 4 nitrogen and oxygen atoms in total. The van der Waals surface area contributed by atoms with E-state index in [4.69, 9.17) is 9.47 Å². The van der Waals surface area contributed by atoms with Gasteiger partial charge in [-0.2, -0.15) is 0 Å². The molecule has 20 heavy (non-hydrogen) atoms. The lowest BCUT2D eigenvalue weighted by molar-refractivity contribution is 0.287. The molecular weight excluding hydrogens is 272 g/mol. The first kappa shape index (κ1) is 14.8. The number of aryl methyl sites for hydroxylation is 1. The van der Waals surface area contributed by atoms with Crippen molar-refractivity contribution in [2.24, 2.45) is 0 Å². The summed E-state index contributed by atoms with van der Waals surface area (Å²) in [5, 5.41) is 4.26. The van der Waals surface area contributed by atoms with Gasteiger partial charge in [0.15, 0.2) is 11.5 Å². The van der Waals surface area contributed by atoms with E-state index in [2.05, 4.69) is 23.3 Å². The highest BCUT2D eigenvalue weighted by molar-refractivity contribution is 7.11. The molecule has 0 aliphatic rings. The summed E-state index contributed by atoms with van der Waals surface area (Å²) in [6.45, 7) is 4.61. The quantitative estimate of drug-likeness (QED) is 0.887. The van der Waals surface area contributed by atoms with Crippen LogP contribution in [0.5, 0.6) is 11.5 Å². The van der Waals surface area contributed by atoms with Crippen LogP contribution in [0.4, 0.5) is 0 Å². The number of rotatable bonds is 6. The number of hydrogen-bond acceptors (Lipinski definition) is 5. The SMILES string of the molecule is CNC(C)c1ccc(OCc2cnc(C)s2)c(OC)c1. The zero-order chi connectivity index (χ0) is 14.5. The molecule has 0 radical (unpaired) electrons. The highest BCUT2D eigenvalue weighted by atomic mass is 32.1. The fourth-order valence-electron chi connectivity index (χ4n) is 1.86. The molecule has 0 aliphatic heterocycles. The smallest absolute Gasteiger partial charge is 0.161 e. The van der Waals surface area contributed by atoms with Crippen LogP contribution in [0.15, 0.2) is 24.4 Å². The fourth-order valence-corrected chi connectivity index (χ4v) is 2.57. The van der Waals surface area contributed by atoms with Gasteiger partial charge in [0.2, 0.25) is 0 Å². The van der Waals surface area contributed by atoms with E-state index in [1.807, 2.05) is 32.3 Å². The third-order valence-electron chi connectivity index (χ3n) is 3.16. The Balaban J connectivity index is 2.11. The number of methoxy groups -OCH3 is 1. The predicted molar refractivity (Wildman–Crippen MR) is 81.7 cm³/mol. The lowest BCUT2D eigenvalue weighted by Crippen LogP contribution is -2.12. The Bertz CT molecular complexity index is 569. The molecule has 1 unspecified atom stereocenters. The third kappa shape index (κ3) is 3.49. The second kappa shape index (κ2) is 6.72. The molecule has 2 rings (SSSR count). The van der Waals surface area contributed by atoms with Gasteiger partial charge in [0.05, 0.1) is 17.0 Å². The Morgan fingerprint density at radius 1 is 1.35 bits per heavy atom. The molecule has 0 fully saturated rings. The second-order valence-electron chi connectivity index (χ2n) is 4.55. The Kier molecular flexibility index (Phi) is 4.98. The topological polar surface area (TPSA) is 43.4 Å². The van der Waals surface area contributed by atoms with Crippen LogP contribution in [0.3, 0.4) is 0 Å². The van der Waals surface area contributed by atoms with E-state index in [1.54, 1.807) is 18.4 Å². The molecule has 1 N–H and O–H groups in total. The summed E-state index contributed by atoms with van der Waals surface area (Å²) in [6.07, 6.45) is 1.85. The molecule has 5 heteroatoms. The van der Waals surface area contributed by atoms with Gasteiger partial charge in [-0.3, -0.25) is 0 Å². The maximum atomic E-state index is 5.82. The van der Waals surface area contributed by atoms with Gasteiger partial charge in [0, 0.05) is 12.2 Å². The van der Waals surface area contributed by atoms with Crippen molar-refractivity contribution in [3.8, 4) is 11.5 Å². The third-order valence-corrected chi connectivity index (χ3v) is 4.05. The molecule has 2 aromatic rings. The molecule has 1 aromatic heterocycles. The van der Waals surface area contributed by atoms with Crippen molar-refractivity contribution in [3.63, 3.8) is 0 Å². The van der Waals surface area contributed by atoms with E-state index in [9.17, 15) is 0 Å². The molecule has 0 bridgehead atoms. The first-order valence-electron chi connectivity index (χ1n) is 6.53. The number of aromatic nitrogens is 1. The molecule has 0 amide bonds. The summed E-state index contributed by atoms with van der Waals surface area (Å²) < 4.78 is 11.2. The lowest BCUT2D eigenvalue weighted by Gasteiger charge is -2.15. The molecule has 0 saturated heterocycles. The van der Waals surface area contributed by atoms with Crippen molar-refractivity contribution in [3.05, 3.63) is 39.8 Å². The Labute approximate surface area is 123 Å². The van der Waals surface area contributed by atoms with Gasteiger partial charge in [-0.05, 0) is 38.6 Å². The monoisotopic (exact) mass is 292 g/mol. The van der Waals surface area contributed by atoms with Gasteiger partial charge >= 0.3 is 0 Å². The number of ether oxygens (including phenoxy) is 2. The fraction of sp³-hybridized carbons (Fsp3) is 0.400. The summed E-state index contributed by atoms with van der Waals surface area (Å²) in [6, 6.07) is 6.29. The van der Waals surface area contributed by atoms with Crippen LogP contribution >= 0.6 is 11.3 Å². The van der Waals surface area contributed by atoms with Crippen LogP contribution in [-0.4, -0.2) is 19.1 Å². The van der Waals surface area contributed by atoms with Gasteiger partial charge < -0.3 is 14.8 Å². The molecule has 108 valence electrons. The van der Waals surface area contributed by atoms with Crippen LogP contribution in [0.1, 0.15) is 28.4 Å². The molecule has 0 saturated carbocycles. The van der Waals surface area contributed by atoms with Crippen molar-refractivity contribution in [2.45, 2.75) is 26.5 Å². The van der Waals surface area contributed by atoms with Crippen molar-refractivity contribution < 1.29 is 9.47 Å². The summed E-state index contributed by atoms with van der Waals surface area (Å²) in [4.78, 5) is 5.33. The Morgan fingerprint density at radius 3 is 2.75 bits per heavy atom. The minimum absolute atomic E-state index is 0.280. The first-order valence-corrected chi connectivity index (χ1v) is 7.35. The summed E-state index contributed by atoms with van der Waals surface area (Å²) in [7, 11) is 3.60. The minimum Gasteiger partial charge on any atom is -0.493 e. The lowest BCUT2D eigenvalue weighted by atomic mass is 10.1. The van der Waals surface area contributed by atoms with Crippen LogP contribution in [0.2, 0.25) is 0 Å². The highest BCUT2D eigenvalue weighted by Crippen LogP contribution is 2.31. The summed E-state index contributed by atoms with van der Waals surface area (Å²) >= 11 is 1.65. The van der Waals surface area contributed by atoms with E-state index in [1.165, 1.54) is 5.56 Å². The number of nitrogens with one attached hydrogen (secondary N) is 1. The predicted octanol–water partition coefficient (Wildman–Crippen LogP) is 3.32. The van der Waals surface area contributed by atoms with Crippen molar-refractivity contribution in [2.75, 3.05) is 14.2 Å². The van der Waals surface area contributed by atoms with Crippen molar-refractivity contribution in [1.82, 2.24) is 10.3 Å². The first-order chi connectivity index (χ1) is 9.63. The number of benzene rings is 1. The van der Waals surface area contributed by atoms with Gasteiger partial charge in [-0.1, -0.05) is 6.07 Å². The zero-order valence-corrected chi connectivity index (χ0v) is 13.1. The molecular formula is C15H20N2O2S. The standard InChI is InChI=1S/C15H20N2O2S/c1-10(16-3)12-5-6-14(15(7-12)18-4)19-9-13-8-17-11(2)20-13/h5-8,10,16H,9H2,1-4H3. The van der Waals surface area contributed by atoms with Crippen molar-refractivity contribution in [1.29, 1.82) is 0 Å². The Hall–Kier alpha value is -1.59. The van der Waals surface area contributed by atoms with E-state index < -0.39 is 0 Å². The second-order valence-corrected chi connectivity index (χ2v) is 5.87. The molecule has 0 spiro atoms. The molecule has 1 heterocycles. The van der Waals surface area contributed by atoms with Gasteiger partial charge in [-0.15, -0.1) is 11.3 Å². The normalized spacial score (nSPS) is 12.2. The van der Waals surface area contributed by atoms with E-state index >= 15 is 0 Å². The zero-order valence-electron chi connectivity index (χ0n) is 12.3. The molecule has 1 aromatic carbocycles. The maximum Gasteiger partial charge on any atom is 0.161 e. The number of thiazole rings is 1. The maximum absolute atomic E-state index is 5.82. The van der Waals surface area contributed by atoms with E-state index in [0.717, 1.165) is 21.4 Å². The summed E-state index contributed by atoms with van der Waals surface area (Å²) in [5.74, 6) is 1.51. The average Bonchev–Trinajstić information content (AvgIpc) is 2.89. The largest absolute Gasteiger partial charge is 0.493 e. The minimum atomic E-state index is 0.280. The van der Waals surface area contributed by atoms with Gasteiger partial charge in [0.1, 0.15) is 6.61 Å². The number of hydrogen-bond donors (Lipinski definition) is 1. The Morgan fingerprint density at radius 2 is 2.15 bits per heavy atom. The van der Waals surface area contributed by atoms with E-state index in [-0.39, 0.29) is 6.04 Å². The van der Waals surface area contributed by atoms with Crippen LogP contribution < -0.4 is 14.8 Å². The average molecular weight is 292 g/mol. The van der Waals surface area contributed by atoms with Crippen LogP contribution in [0, 0.1) is 6.92 Å². The number of nitrogens with zero attached hydrogens (tertiary/aromatic N) is 1.